The van der Waals surface area contributed by atoms with Gasteiger partial charge in [-0.1, -0.05) is 0 Å². The molecular formula is C6H11F3O. The van der Waals surface area contributed by atoms with E-state index in [0.29, 0.717) is 0 Å². The van der Waals surface area contributed by atoms with Gasteiger partial charge in [-0.3, -0.25) is 4.39 Å². The summed E-state index contributed by atoms with van der Waals surface area (Å²) in [7, 11) is 0. The fraction of sp³-hybridized carbons (Fsp3) is 1.00. The molecule has 0 saturated heterocycles. The van der Waals surface area contributed by atoms with Crippen LogP contribution in [0, 0.1) is 0 Å². The predicted molar refractivity (Wildman–Crippen MR) is 31.8 cm³/mol. The van der Waals surface area contributed by atoms with Crippen molar-refractivity contribution in [2.45, 2.75) is 31.8 Å². The molecule has 0 aromatic rings. The molecule has 0 aliphatic rings. The average Bonchev–Trinajstić information content (AvgIpc) is 1.88. The van der Waals surface area contributed by atoms with Gasteiger partial charge >= 0.3 is 0 Å². The number of hydrogen-bond acceptors (Lipinski definition) is 1. The molecule has 0 amide bonds. The number of rotatable bonds is 5. The maximum absolute atomic E-state index is 12.1. The van der Waals surface area contributed by atoms with Gasteiger partial charge in [0.25, 0.3) is 0 Å². The van der Waals surface area contributed by atoms with Gasteiger partial charge in [-0.25, -0.2) is 8.78 Å². The van der Waals surface area contributed by atoms with Crippen molar-refractivity contribution in [2.24, 2.45) is 0 Å². The summed E-state index contributed by atoms with van der Waals surface area (Å²) in [5, 5.41) is 7.98. The van der Waals surface area contributed by atoms with E-state index >= 15 is 0 Å². The van der Waals surface area contributed by atoms with Crippen LogP contribution >= 0.6 is 0 Å². The monoisotopic (exact) mass is 156 g/mol. The van der Waals surface area contributed by atoms with Crippen LogP contribution in [0.5, 0.6) is 0 Å². The van der Waals surface area contributed by atoms with E-state index in [0.717, 1.165) is 0 Å². The van der Waals surface area contributed by atoms with Crippen LogP contribution in [0.4, 0.5) is 13.2 Å². The molecule has 62 valence electrons. The molecule has 2 atom stereocenters. The second kappa shape index (κ2) is 5.53. The molecule has 2 unspecified atom stereocenters. The highest BCUT2D eigenvalue weighted by molar-refractivity contribution is 4.57. The van der Waals surface area contributed by atoms with Gasteiger partial charge in [-0.2, -0.15) is 0 Å². The Morgan fingerprint density at radius 3 is 2.20 bits per heavy atom. The minimum Gasteiger partial charge on any atom is -0.362 e. The zero-order valence-corrected chi connectivity index (χ0v) is 5.56. The van der Waals surface area contributed by atoms with Crippen molar-refractivity contribution in [3.8, 4) is 0 Å². The molecule has 1 nitrogen and oxygen atoms in total. The van der Waals surface area contributed by atoms with Gasteiger partial charge < -0.3 is 5.11 Å². The van der Waals surface area contributed by atoms with Crippen LogP contribution < -0.4 is 0 Å². The summed E-state index contributed by atoms with van der Waals surface area (Å²) in [6.45, 7) is -0.519. The van der Waals surface area contributed by atoms with E-state index in [9.17, 15) is 13.2 Å². The first-order valence-corrected chi connectivity index (χ1v) is 3.20. The van der Waals surface area contributed by atoms with Crippen LogP contribution in [0.1, 0.15) is 19.3 Å². The second-order valence-corrected chi connectivity index (χ2v) is 2.07. The summed E-state index contributed by atoms with van der Waals surface area (Å²) >= 11 is 0. The van der Waals surface area contributed by atoms with E-state index in [1.54, 1.807) is 0 Å². The van der Waals surface area contributed by atoms with Crippen LogP contribution in [-0.2, 0) is 0 Å². The van der Waals surface area contributed by atoms with Crippen LogP contribution in [0.15, 0.2) is 0 Å². The molecule has 0 aliphatic carbocycles. The standard InChI is InChI=1S/C6H11F3O/c7-4-2-1-3-5(8)6(9)10/h5-6,10H,1-4H2. The lowest BCUT2D eigenvalue weighted by molar-refractivity contribution is -0.0308. The van der Waals surface area contributed by atoms with Gasteiger partial charge in [0.05, 0.1) is 6.67 Å². The quantitative estimate of drug-likeness (QED) is 0.601. The van der Waals surface area contributed by atoms with Crippen molar-refractivity contribution in [3.05, 3.63) is 0 Å². The number of hydrogen-bond donors (Lipinski definition) is 1. The molecule has 0 aromatic heterocycles. The van der Waals surface area contributed by atoms with E-state index in [1.807, 2.05) is 0 Å². The topological polar surface area (TPSA) is 20.2 Å². The molecule has 0 radical (unpaired) electrons. The van der Waals surface area contributed by atoms with Crippen LogP contribution in [0.2, 0.25) is 0 Å². The van der Waals surface area contributed by atoms with E-state index < -0.39 is 19.2 Å². The van der Waals surface area contributed by atoms with Crippen LogP contribution in [0.25, 0.3) is 0 Å². The highest BCUT2D eigenvalue weighted by Gasteiger charge is 2.15. The molecule has 0 saturated carbocycles. The molecule has 1 N–H and O–H groups in total. The minimum absolute atomic E-state index is 0.110. The lowest BCUT2D eigenvalue weighted by Crippen LogP contribution is -2.15. The third-order valence-corrected chi connectivity index (χ3v) is 1.16. The zero-order chi connectivity index (χ0) is 7.98. The smallest absolute Gasteiger partial charge is 0.227 e. The summed E-state index contributed by atoms with van der Waals surface area (Å²) in [5.74, 6) is 0. The molecule has 0 spiro atoms. The third kappa shape index (κ3) is 4.61. The van der Waals surface area contributed by atoms with E-state index in [4.69, 9.17) is 5.11 Å². The fourth-order valence-corrected chi connectivity index (χ4v) is 0.571. The van der Waals surface area contributed by atoms with Crippen molar-refractivity contribution in [3.63, 3.8) is 0 Å². The first-order valence-electron chi connectivity index (χ1n) is 3.20. The number of unbranched alkanes of at least 4 members (excludes halogenated alkanes) is 1. The van der Waals surface area contributed by atoms with E-state index in [-0.39, 0.29) is 19.3 Å². The van der Waals surface area contributed by atoms with Gasteiger partial charge in [0.15, 0.2) is 6.17 Å². The molecule has 10 heavy (non-hydrogen) atoms. The van der Waals surface area contributed by atoms with E-state index in [1.165, 1.54) is 0 Å². The normalized spacial score (nSPS) is 16.8. The Labute approximate surface area is 57.9 Å². The summed E-state index contributed by atoms with van der Waals surface area (Å²) in [6.07, 6.45) is -3.88. The van der Waals surface area contributed by atoms with Crippen molar-refractivity contribution in [1.82, 2.24) is 0 Å². The maximum Gasteiger partial charge on any atom is 0.227 e. The predicted octanol–water partition coefficient (Wildman–Crippen LogP) is 1.75. The van der Waals surface area contributed by atoms with Gasteiger partial charge in [0, 0.05) is 0 Å². The number of alkyl halides is 3. The molecule has 0 aliphatic heterocycles. The summed E-state index contributed by atoms with van der Waals surface area (Å²) < 4.78 is 35.1. The van der Waals surface area contributed by atoms with Crippen molar-refractivity contribution < 1.29 is 18.3 Å². The summed E-state index contributed by atoms with van der Waals surface area (Å²) in [4.78, 5) is 0. The van der Waals surface area contributed by atoms with Gasteiger partial charge in [-0.15, -0.1) is 0 Å². The van der Waals surface area contributed by atoms with Crippen molar-refractivity contribution in [1.29, 1.82) is 0 Å². The van der Waals surface area contributed by atoms with Gasteiger partial charge in [0.2, 0.25) is 6.36 Å². The minimum atomic E-state index is -2.42. The van der Waals surface area contributed by atoms with E-state index in [2.05, 4.69) is 0 Å². The van der Waals surface area contributed by atoms with Crippen LogP contribution in [0.3, 0.4) is 0 Å². The molecule has 0 rings (SSSR count). The summed E-state index contributed by atoms with van der Waals surface area (Å²) in [6, 6.07) is 0. The molecule has 0 heterocycles. The lowest BCUT2D eigenvalue weighted by Gasteiger charge is -2.05. The molecular weight excluding hydrogens is 145 g/mol. The highest BCUT2D eigenvalue weighted by atomic mass is 19.2. The summed E-state index contributed by atoms with van der Waals surface area (Å²) in [5.41, 5.74) is 0. The lowest BCUT2D eigenvalue weighted by atomic mass is 10.2. The largest absolute Gasteiger partial charge is 0.362 e. The van der Waals surface area contributed by atoms with Crippen molar-refractivity contribution in [2.75, 3.05) is 6.67 Å². The van der Waals surface area contributed by atoms with Crippen LogP contribution in [-0.4, -0.2) is 24.3 Å². The van der Waals surface area contributed by atoms with Gasteiger partial charge in [-0.05, 0) is 19.3 Å². The van der Waals surface area contributed by atoms with Gasteiger partial charge in [0.1, 0.15) is 0 Å². The zero-order valence-electron chi connectivity index (χ0n) is 5.56. The first kappa shape index (κ1) is 9.75. The fourth-order valence-electron chi connectivity index (χ4n) is 0.571. The first-order chi connectivity index (χ1) is 4.68. The highest BCUT2D eigenvalue weighted by Crippen LogP contribution is 2.09. The Bertz CT molecular complexity index is 77.4. The average molecular weight is 156 g/mol. The Hall–Kier alpha value is -0.250. The Kier molecular flexibility index (Phi) is 5.39. The SMILES string of the molecule is OC(F)C(F)CCCCF. The molecule has 4 heteroatoms. The molecule has 0 bridgehead atoms. The van der Waals surface area contributed by atoms with Crippen molar-refractivity contribution >= 4 is 0 Å². The molecule has 0 aromatic carbocycles. The maximum atomic E-state index is 12.1. The molecule has 0 fully saturated rings. The number of aliphatic hydroxyl groups is 1. The Morgan fingerprint density at radius 1 is 1.20 bits per heavy atom. The second-order valence-electron chi connectivity index (χ2n) is 2.07. The number of aliphatic hydroxyl groups excluding tert-OH is 1. The Morgan fingerprint density at radius 2 is 1.80 bits per heavy atom. The Balaban J connectivity index is 3.13. The third-order valence-electron chi connectivity index (χ3n) is 1.16. The number of halogens is 3.